The van der Waals surface area contributed by atoms with Crippen LogP contribution in [0, 0.1) is 11.2 Å². The van der Waals surface area contributed by atoms with E-state index in [1.54, 1.807) is 0 Å². The molecule has 0 bridgehead atoms. The number of nitrogens with one attached hydrogen (secondary N) is 1. The van der Waals surface area contributed by atoms with Crippen molar-refractivity contribution in [2.75, 3.05) is 13.2 Å². The van der Waals surface area contributed by atoms with Crippen LogP contribution >= 0.6 is 0 Å². The van der Waals surface area contributed by atoms with Gasteiger partial charge in [0, 0.05) is 25.1 Å². The molecule has 0 aliphatic carbocycles. The molecule has 1 aromatic rings. The first kappa shape index (κ1) is 17.9. The number of alkyl halides is 3. The molecular weight excluding hydrogens is 286 g/mol. The van der Waals surface area contributed by atoms with Crippen LogP contribution in [0.3, 0.4) is 0 Å². The first-order valence-electron chi connectivity index (χ1n) is 6.95. The van der Waals surface area contributed by atoms with Crippen LogP contribution in [-0.4, -0.2) is 18.3 Å². The van der Waals surface area contributed by atoms with E-state index in [0.717, 1.165) is 25.0 Å². The van der Waals surface area contributed by atoms with Crippen molar-refractivity contribution < 1.29 is 22.7 Å². The van der Waals surface area contributed by atoms with Crippen LogP contribution in [0.5, 0.6) is 0 Å². The molecule has 0 radical (unpaired) electrons. The molecule has 0 amide bonds. The summed E-state index contributed by atoms with van der Waals surface area (Å²) >= 11 is 0. The Morgan fingerprint density at radius 3 is 2.24 bits per heavy atom. The van der Waals surface area contributed by atoms with Gasteiger partial charge in [-0.05, 0) is 30.5 Å². The van der Waals surface area contributed by atoms with Gasteiger partial charge in [0.25, 0.3) is 0 Å². The summed E-state index contributed by atoms with van der Waals surface area (Å²) in [5, 5.41) is 12.4. The minimum Gasteiger partial charge on any atom is -0.396 e. The Balaban J connectivity index is 2.81. The number of hydrogen-bond donors (Lipinski definition) is 2. The van der Waals surface area contributed by atoms with Crippen LogP contribution in [0.25, 0.3) is 0 Å². The standard InChI is InChI=1S/C15H21F4NO/c1-3-14(4-2,10-21)9-20-8-11-5-6-12(16)7-13(11)15(17,18)19/h5-7,20-21H,3-4,8-10H2,1-2H3. The molecule has 1 rings (SSSR count). The van der Waals surface area contributed by atoms with Crippen LogP contribution in [-0.2, 0) is 12.7 Å². The van der Waals surface area contributed by atoms with Crippen molar-refractivity contribution in [1.82, 2.24) is 5.32 Å². The number of rotatable bonds is 7. The predicted molar refractivity (Wildman–Crippen MR) is 73.2 cm³/mol. The van der Waals surface area contributed by atoms with Gasteiger partial charge >= 0.3 is 6.18 Å². The molecule has 0 aliphatic heterocycles. The van der Waals surface area contributed by atoms with Crippen molar-refractivity contribution in [2.24, 2.45) is 5.41 Å². The van der Waals surface area contributed by atoms with Crippen LogP contribution in [0.1, 0.15) is 37.8 Å². The number of hydrogen-bond acceptors (Lipinski definition) is 2. The van der Waals surface area contributed by atoms with Crippen molar-refractivity contribution in [3.8, 4) is 0 Å². The van der Waals surface area contributed by atoms with Gasteiger partial charge in [-0.15, -0.1) is 0 Å². The zero-order valence-electron chi connectivity index (χ0n) is 12.2. The smallest absolute Gasteiger partial charge is 0.396 e. The van der Waals surface area contributed by atoms with Gasteiger partial charge < -0.3 is 10.4 Å². The lowest BCUT2D eigenvalue weighted by atomic mass is 9.83. The van der Waals surface area contributed by atoms with Crippen LogP contribution < -0.4 is 5.32 Å². The lowest BCUT2D eigenvalue weighted by molar-refractivity contribution is -0.138. The summed E-state index contributed by atoms with van der Waals surface area (Å²) < 4.78 is 51.6. The van der Waals surface area contributed by atoms with E-state index in [9.17, 15) is 22.7 Å². The zero-order chi connectivity index (χ0) is 16.1. The number of aliphatic hydroxyl groups excluding tert-OH is 1. The molecule has 0 atom stereocenters. The molecule has 0 saturated carbocycles. The molecule has 0 aliphatic rings. The Hall–Kier alpha value is -1.14. The topological polar surface area (TPSA) is 32.3 Å². The third-order valence-corrected chi connectivity index (χ3v) is 4.03. The molecule has 0 fully saturated rings. The molecule has 0 spiro atoms. The SMILES string of the molecule is CCC(CC)(CO)CNCc1ccc(F)cc1C(F)(F)F. The molecule has 2 nitrogen and oxygen atoms in total. The minimum atomic E-state index is -4.58. The van der Waals surface area contributed by atoms with E-state index >= 15 is 0 Å². The Labute approximate surface area is 122 Å². The quantitative estimate of drug-likeness (QED) is 0.752. The van der Waals surface area contributed by atoms with Crippen LogP contribution in [0.4, 0.5) is 17.6 Å². The van der Waals surface area contributed by atoms with Crippen molar-refractivity contribution in [2.45, 2.75) is 39.4 Å². The lowest BCUT2D eigenvalue weighted by Gasteiger charge is -2.29. The van der Waals surface area contributed by atoms with Crippen LogP contribution in [0.15, 0.2) is 18.2 Å². The second-order valence-corrected chi connectivity index (χ2v) is 5.27. The van der Waals surface area contributed by atoms with Gasteiger partial charge in [-0.1, -0.05) is 19.9 Å². The largest absolute Gasteiger partial charge is 0.416 e. The zero-order valence-corrected chi connectivity index (χ0v) is 12.2. The number of benzene rings is 1. The van der Waals surface area contributed by atoms with E-state index in [1.807, 2.05) is 13.8 Å². The number of halogens is 4. The summed E-state index contributed by atoms with van der Waals surface area (Å²) in [6, 6.07) is 2.67. The van der Waals surface area contributed by atoms with Gasteiger partial charge in [-0.25, -0.2) is 4.39 Å². The average molecular weight is 307 g/mol. The summed E-state index contributed by atoms with van der Waals surface area (Å²) in [6.45, 7) is 4.23. The minimum absolute atomic E-state index is 0.00273. The highest BCUT2D eigenvalue weighted by Crippen LogP contribution is 2.32. The highest BCUT2D eigenvalue weighted by Gasteiger charge is 2.33. The maximum atomic E-state index is 13.0. The van der Waals surface area contributed by atoms with E-state index in [-0.39, 0.29) is 24.1 Å². The van der Waals surface area contributed by atoms with Gasteiger partial charge in [0.15, 0.2) is 0 Å². The summed E-state index contributed by atoms with van der Waals surface area (Å²) in [5.74, 6) is -0.905. The van der Waals surface area contributed by atoms with Crippen molar-refractivity contribution >= 4 is 0 Å². The first-order chi connectivity index (χ1) is 9.78. The number of aliphatic hydroxyl groups is 1. The molecule has 0 heterocycles. The summed E-state index contributed by atoms with van der Waals surface area (Å²) in [4.78, 5) is 0. The molecule has 21 heavy (non-hydrogen) atoms. The highest BCUT2D eigenvalue weighted by atomic mass is 19.4. The summed E-state index contributed by atoms with van der Waals surface area (Å²) in [6.07, 6.45) is -3.13. The highest BCUT2D eigenvalue weighted by molar-refractivity contribution is 5.30. The second kappa shape index (κ2) is 7.22. The molecule has 0 saturated heterocycles. The monoisotopic (exact) mass is 307 g/mol. The fraction of sp³-hybridized carbons (Fsp3) is 0.600. The van der Waals surface area contributed by atoms with Crippen molar-refractivity contribution in [3.05, 3.63) is 35.1 Å². The predicted octanol–water partition coefficient (Wildman–Crippen LogP) is 3.73. The normalized spacial score (nSPS) is 12.7. The van der Waals surface area contributed by atoms with E-state index in [4.69, 9.17) is 0 Å². The van der Waals surface area contributed by atoms with Crippen molar-refractivity contribution in [1.29, 1.82) is 0 Å². The Morgan fingerprint density at radius 2 is 1.76 bits per heavy atom. The fourth-order valence-electron chi connectivity index (χ4n) is 2.21. The maximum absolute atomic E-state index is 13.0. The molecule has 6 heteroatoms. The summed E-state index contributed by atoms with van der Waals surface area (Å²) in [7, 11) is 0. The third-order valence-electron chi connectivity index (χ3n) is 4.03. The third kappa shape index (κ3) is 4.68. The van der Waals surface area contributed by atoms with Crippen LogP contribution in [0.2, 0.25) is 0 Å². The Morgan fingerprint density at radius 1 is 1.14 bits per heavy atom. The molecule has 0 aromatic heterocycles. The molecule has 120 valence electrons. The van der Waals surface area contributed by atoms with E-state index in [0.29, 0.717) is 12.6 Å². The van der Waals surface area contributed by atoms with E-state index < -0.39 is 17.6 Å². The molecular formula is C15H21F4NO. The maximum Gasteiger partial charge on any atom is 0.416 e. The van der Waals surface area contributed by atoms with E-state index in [2.05, 4.69) is 5.32 Å². The summed E-state index contributed by atoms with van der Waals surface area (Å²) in [5.41, 5.74) is -1.29. The first-order valence-corrected chi connectivity index (χ1v) is 6.95. The Kier molecular flexibility index (Phi) is 6.16. The Bertz CT molecular complexity index is 447. The van der Waals surface area contributed by atoms with Gasteiger partial charge in [-0.3, -0.25) is 0 Å². The molecule has 0 unspecified atom stereocenters. The molecule has 2 N–H and O–H groups in total. The average Bonchev–Trinajstić information content (AvgIpc) is 2.44. The lowest BCUT2D eigenvalue weighted by Crippen LogP contribution is -2.36. The van der Waals surface area contributed by atoms with Gasteiger partial charge in [0.05, 0.1) is 5.56 Å². The second-order valence-electron chi connectivity index (χ2n) is 5.27. The fourth-order valence-corrected chi connectivity index (χ4v) is 2.21. The van der Waals surface area contributed by atoms with Gasteiger partial charge in [0.1, 0.15) is 5.82 Å². The van der Waals surface area contributed by atoms with Crippen molar-refractivity contribution in [3.63, 3.8) is 0 Å². The van der Waals surface area contributed by atoms with Gasteiger partial charge in [-0.2, -0.15) is 13.2 Å². The van der Waals surface area contributed by atoms with E-state index in [1.165, 1.54) is 0 Å². The molecule has 1 aromatic carbocycles. The van der Waals surface area contributed by atoms with Gasteiger partial charge in [0.2, 0.25) is 0 Å².